The Bertz CT molecular complexity index is 662. The molecule has 0 radical (unpaired) electrons. The van der Waals surface area contributed by atoms with Crippen molar-refractivity contribution >= 4 is 5.69 Å². The van der Waals surface area contributed by atoms with Gasteiger partial charge in [0.25, 0.3) is 0 Å². The summed E-state index contributed by atoms with van der Waals surface area (Å²) in [5.41, 5.74) is 2.96. The molecule has 2 fully saturated rings. The molecule has 0 aromatic heterocycles. The fourth-order valence-electron chi connectivity index (χ4n) is 4.22. The lowest BCUT2D eigenvalue weighted by Gasteiger charge is -2.41. The van der Waals surface area contributed by atoms with Gasteiger partial charge in [-0.3, -0.25) is 0 Å². The molecule has 1 saturated heterocycles. The Hall–Kier alpha value is -1.10. The van der Waals surface area contributed by atoms with Gasteiger partial charge in [-0.15, -0.1) is 0 Å². The zero-order chi connectivity index (χ0) is 22.5. The molecule has 1 aliphatic carbocycles. The minimum atomic E-state index is -0.0475. The van der Waals surface area contributed by atoms with Gasteiger partial charge >= 0.3 is 0 Å². The van der Waals surface area contributed by atoms with Gasteiger partial charge in [-0.05, 0) is 82.4 Å². The zero-order valence-corrected chi connectivity index (χ0v) is 20.8. The SMILES string of the molecule is CC(C)(C)COC1CC(OC2CCN(c3cccc(CCCOC(C)(C)C)c3)CC2)C1. The van der Waals surface area contributed by atoms with Crippen LogP contribution >= 0.6 is 0 Å². The third-order valence-electron chi connectivity index (χ3n) is 6.05. The third-order valence-corrected chi connectivity index (χ3v) is 6.05. The highest BCUT2D eigenvalue weighted by molar-refractivity contribution is 5.49. The molecule has 0 amide bonds. The average Bonchev–Trinajstić information content (AvgIpc) is 2.66. The first-order valence-corrected chi connectivity index (χ1v) is 12.3. The van der Waals surface area contributed by atoms with E-state index < -0.39 is 0 Å². The molecule has 2 aliphatic rings. The molecular formula is C27H45NO3. The normalized spacial score (nSPS) is 23.1. The van der Waals surface area contributed by atoms with Crippen molar-refractivity contribution < 1.29 is 14.2 Å². The van der Waals surface area contributed by atoms with Crippen molar-refractivity contribution in [2.45, 2.75) is 104 Å². The van der Waals surface area contributed by atoms with E-state index in [1.165, 1.54) is 11.3 Å². The first-order valence-electron chi connectivity index (χ1n) is 12.3. The predicted octanol–water partition coefficient (Wildman–Crippen LogP) is 6.01. The highest BCUT2D eigenvalue weighted by Gasteiger charge is 2.34. The first kappa shape index (κ1) is 24.5. The monoisotopic (exact) mass is 431 g/mol. The summed E-state index contributed by atoms with van der Waals surface area (Å²) < 4.78 is 18.2. The molecule has 1 aliphatic heterocycles. The van der Waals surface area contributed by atoms with Gasteiger partial charge in [0.15, 0.2) is 0 Å². The zero-order valence-electron chi connectivity index (χ0n) is 20.8. The van der Waals surface area contributed by atoms with Crippen LogP contribution in [0.25, 0.3) is 0 Å². The van der Waals surface area contributed by atoms with E-state index in [-0.39, 0.29) is 11.0 Å². The molecule has 4 heteroatoms. The van der Waals surface area contributed by atoms with Crippen molar-refractivity contribution in [3.05, 3.63) is 29.8 Å². The number of anilines is 1. The molecule has 0 spiro atoms. The summed E-state index contributed by atoms with van der Waals surface area (Å²) in [6.07, 6.45) is 7.72. The molecule has 1 aromatic carbocycles. The minimum absolute atomic E-state index is 0.0475. The maximum atomic E-state index is 6.37. The molecular weight excluding hydrogens is 386 g/mol. The lowest BCUT2D eigenvalue weighted by Crippen LogP contribution is -2.44. The topological polar surface area (TPSA) is 30.9 Å². The number of nitrogens with zero attached hydrogens (tertiary/aromatic N) is 1. The number of piperidine rings is 1. The predicted molar refractivity (Wildman–Crippen MR) is 129 cm³/mol. The lowest BCUT2D eigenvalue weighted by atomic mass is 9.90. The van der Waals surface area contributed by atoms with Crippen molar-refractivity contribution in [3.8, 4) is 0 Å². The van der Waals surface area contributed by atoms with Gasteiger partial charge in [0.1, 0.15) is 0 Å². The van der Waals surface area contributed by atoms with Gasteiger partial charge in [-0.25, -0.2) is 0 Å². The van der Waals surface area contributed by atoms with Crippen molar-refractivity contribution in [2.75, 3.05) is 31.2 Å². The van der Waals surface area contributed by atoms with Crippen LogP contribution < -0.4 is 4.90 Å². The fraction of sp³-hybridized carbons (Fsp3) is 0.778. The first-order chi connectivity index (χ1) is 14.6. The Kier molecular flexibility index (Phi) is 8.45. The van der Waals surface area contributed by atoms with Crippen molar-refractivity contribution in [3.63, 3.8) is 0 Å². The van der Waals surface area contributed by atoms with Gasteiger partial charge in [-0.1, -0.05) is 32.9 Å². The molecule has 176 valence electrons. The Labute approximate surface area is 190 Å². The third kappa shape index (κ3) is 8.75. The fourth-order valence-corrected chi connectivity index (χ4v) is 4.22. The largest absolute Gasteiger partial charge is 0.377 e. The summed E-state index contributed by atoms with van der Waals surface area (Å²) in [4.78, 5) is 2.52. The molecule has 3 rings (SSSR count). The molecule has 1 saturated carbocycles. The molecule has 1 aromatic rings. The van der Waals surface area contributed by atoms with E-state index in [1.54, 1.807) is 0 Å². The second-order valence-electron chi connectivity index (χ2n) is 11.6. The Morgan fingerprint density at radius 2 is 1.65 bits per heavy atom. The minimum Gasteiger partial charge on any atom is -0.377 e. The van der Waals surface area contributed by atoms with E-state index in [1.807, 2.05) is 0 Å². The molecule has 1 heterocycles. The highest BCUT2D eigenvalue weighted by Crippen LogP contribution is 2.31. The maximum Gasteiger partial charge on any atom is 0.0628 e. The van der Waals surface area contributed by atoms with Crippen LogP contribution in [0, 0.1) is 5.41 Å². The Morgan fingerprint density at radius 3 is 2.29 bits per heavy atom. The molecule has 0 bridgehead atoms. The van der Waals surface area contributed by atoms with Crippen LogP contribution in [0.4, 0.5) is 5.69 Å². The van der Waals surface area contributed by atoms with Crippen LogP contribution in [0.3, 0.4) is 0 Å². The van der Waals surface area contributed by atoms with Crippen molar-refractivity contribution in [1.82, 2.24) is 0 Å². The van der Waals surface area contributed by atoms with Gasteiger partial charge in [0, 0.05) is 25.4 Å². The highest BCUT2D eigenvalue weighted by atomic mass is 16.5. The van der Waals surface area contributed by atoms with Crippen LogP contribution in [0.5, 0.6) is 0 Å². The van der Waals surface area contributed by atoms with Crippen LogP contribution in [0.1, 0.15) is 79.2 Å². The van der Waals surface area contributed by atoms with Crippen molar-refractivity contribution in [2.24, 2.45) is 5.41 Å². The number of ether oxygens (including phenoxy) is 3. The van der Waals surface area contributed by atoms with E-state index >= 15 is 0 Å². The van der Waals surface area contributed by atoms with E-state index in [9.17, 15) is 0 Å². The Morgan fingerprint density at radius 1 is 0.935 bits per heavy atom. The van der Waals surface area contributed by atoms with Gasteiger partial charge in [0.2, 0.25) is 0 Å². The maximum absolute atomic E-state index is 6.37. The number of rotatable bonds is 9. The van der Waals surface area contributed by atoms with Crippen LogP contribution in [-0.4, -0.2) is 50.2 Å². The van der Waals surface area contributed by atoms with Crippen LogP contribution in [0.15, 0.2) is 24.3 Å². The second kappa shape index (κ2) is 10.7. The van der Waals surface area contributed by atoms with E-state index in [4.69, 9.17) is 14.2 Å². The summed E-state index contributed by atoms with van der Waals surface area (Å²) in [5, 5.41) is 0. The summed E-state index contributed by atoms with van der Waals surface area (Å²) in [6, 6.07) is 9.05. The second-order valence-corrected chi connectivity index (χ2v) is 11.6. The van der Waals surface area contributed by atoms with Crippen LogP contribution in [0.2, 0.25) is 0 Å². The number of hydrogen-bond donors (Lipinski definition) is 0. The number of aryl methyl sites for hydroxylation is 1. The molecule has 0 N–H and O–H groups in total. The average molecular weight is 432 g/mol. The van der Waals surface area contributed by atoms with Crippen LogP contribution in [-0.2, 0) is 20.6 Å². The number of hydrogen-bond acceptors (Lipinski definition) is 4. The van der Waals surface area contributed by atoms with Gasteiger partial charge in [-0.2, -0.15) is 0 Å². The van der Waals surface area contributed by atoms with Crippen molar-refractivity contribution in [1.29, 1.82) is 0 Å². The summed E-state index contributed by atoms with van der Waals surface area (Å²) in [7, 11) is 0. The molecule has 0 atom stereocenters. The summed E-state index contributed by atoms with van der Waals surface area (Å²) in [5.74, 6) is 0. The Balaban J connectivity index is 1.34. The number of benzene rings is 1. The molecule has 31 heavy (non-hydrogen) atoms. The smallest absolute Gasteiger partial charge is 0.0628 e. The quantitative estimate of drug-likeness (QED) is 0.448. The van der Waals surface area contributed by atoms with Gasteiger partial charge < -0.3 is 19.1 Å². The molecule has 0 unspecified atom stereocenters. The van der Waals surface area contributed by atoms with E-state index in [0.717, 1.165) is 64.8 Å². The summed E-state index contributed by atoms with van der Waals surface area (Å²) >= 11 is 0. The molecule has 4 nitrogen and oxygen atoms in total. The standard InChI is InChI=1S/C27H45NO3/c1-26(2,3)20-29-24-18-25(19-24)31-23-12-14-28(15-13-23)22-11-7-9-21(17-22)10-8-16-30-27(4,5)6/h7,9,11,17,23-25H,8,10,12-16,18-20H2,1-6H3. The van der Waals surface area contributed by atoms with Gasteiger partial charge in [0.05, 0.1) is 30.5 Å². The lowest BCUT2D eigenvalue weighted by molar-refractivity contribution is -0.137. The van der Waals surface area contributed by atoms with E-state index in [0.29, 0.717) is 18.3 Å². The summed E-state index contributed by atoms with van der Waals surface area (Å²) in [6.45, 7) is 16.8. The van der Waals surface area contributed by atoms with E-state index in [2.05, 4.69) is 70.7 Å².